The molecule has 0 bridgehead atoms. The molecule has 0 aromatic heterocycles. The van der Waals surface area contributed by atoms with Crippen LogP contribution in [0.25, 0.3) is 0 Å². The van der Waals surface area contributed by atoms with Crippen molar-refractivity contribution < 1.29 is 9.59 Å². The highest BCUT2D eigenvalue weighted by atomic mass is 32.2. The lowest BCUT2D eigenvalue weighted by molar-refractivity contribution is -0.116. The third-order valence-corrected chi connectivity index (χ3v) is 6.00. The highest BCUT2D eigenvalue weighted by Gasteiger charge is 2.32. The van der Waals surface area contributed by atoms with Crippen LogP contribution in [0, 0.1) is 0 Å². The normalized spacial score (nSPS) is 25.8. The van der Waals surface area contributed by atoms with E-state index in [-0.39, 0.29) is 11.6 Å². The molecule has 0 aromatic carbocycles. The summed E-state index contributed by atoms with van der Waals surface area (Å²) in [6.45, 7) is 0. The average molecular weight is 252 g/mol. The summed E-state index contributed by atoms with van der Waals surface area (Å²) in [7, 11) is 0. The Morgan fingerprint density at radius 2 is 1.12 bits per heavy atom. The maximum absolute atomic E-state index is 11.8. The summed E-state index contributed by atoms with van der Waals surface area (Å²) >= 11 is 3.16. The first kappa shape index (κ1) is 10.7. The van der Waals surface area contributed by atoms with Gasteiger partial charge in [-0.15, -0.1) is 0 Å². The van der Waals surface area contributed by atoms with Crippen molar-refractivity contribution in [1.82, 2.24) is 0 Å². The molecule has 0 saturated carbocycles. The van der Waals surface area contributed by atoms with Crippen LogP contribution in [0.1, 0.15) is 38.5 Å². The lowest BCUT2D eigenvalue weighted by Gasteiger charge is -2.28. The summed E-state index contributed by atoms with van der Waals surface area (Å²) in [6.07, 6.45) is 5.21. The summed E-state index contributed by atoms with van der Waals surface area (Å²) in [5.41, 5.74) is 0. The first-order chi connectivity index (χ1) is 7.75. The Labute approximate surface area is 103 Å². The van der Waals surface area contributed by atoms with Gasteiger partial charge in [0.1, 0.15) is 0 Å². The second-order valence-electron chi connectivity index (χ2n) is 4.26. The minimum absolute atomic E-state index is 0.281. The van der Waals surface area contributed by atoms with Crippen LogP contribution >= 0.6 is 23.5 Å². The van der Waals surface area contributed by atoms with Crippen LogP contribution in [0.2, 0.25) is 0 Å². The maximum Gasteiger partial charge on any atom is 0.170 e. The Morgan fingerprint density at radius 1 is 0.688 bits per heavy atom. The number of thioether (sulfide) groups is 2. The standard InChI is InChI=1S/C12H12O2S2/c13-7-3-1-5-9-11(7)16-10-6-2-4-8(14)12(10)15-9/h1-6H2. The molecule has 0 N–H and O–H groups in total. The molecule has 16 heavy (non-hydrogen) atoms. The van der Waals surface area contributed by atoms with Gasteiger partial charge in [0.15, 0.2) is 11.6 Å². The van der Waals surface area contributed by atoms with E-state index in [1.54, 1.807) is 23.5 Å². The second-order valence-corrected chi connectivity index (χ2v) is 6.47. The Morgan fingerprint density at radius 3 is 1.56 bits per heavy atom. The molecule has 0 aromatic rings. The van der Waals surface area contributed by atoms with Crippen LogP contribution < -0.4 is 0 Å². The highest BCUT2D eigenvalue weighted by molar-refractivity contribution is 8.14. The molecule has 0 amide bonds. The van der Waals surface area contributed by atoms with Gasteiger partial charge in [-0.3, -0.25) is 9.59 Å². The summed E-state index contributed by atoms with van der Waals surface area (Å²) < 4.78 is 0. The fourth-order valence-corrected chi connectivity index (χ4v) is 5.02. The number of ketones is 2. The van der Waals surface area contributed by atoms with E-state index in [1.807, 2.05) is 0 Å². The van der Waals surface area contributed by atoms with Gasteiger partial charge >= 0.3 is 0 Å². The smallest absolute Gasteiger partial charge is 0.170 e. The summed E-state index contributed by atoms with van der Waals surface area (Å²) in [5, 5.41) is 0. The molecule has 2 nitrogen and oxygen atoms in total. The van der Waals surface area contributed by atoms with Crippen molar-refractivity contribution in [2.75, 3.05) is 0 Å². The fourth-order valence-electron chi connectivity index (χ4n) is 2.25. The van der Waals surface area contributed by atoms with Crippen LogP contribution in [0.5, 0.6) is 0 Å². The van der Waals surface area contributed by atoms with Crippen molar-refractivity contribution in [3.8, 4) is 0 Å². The number of Topliss-reactive ketones (excluding diaryl/α,β-unsaturated/α-hetero) is 2. The lowest BCUT2D eigenvalue weighted by Crippen LogP contribution is -2.16. The third-order valence-electron chi connectivity index (χ3n) is 3.08. The molecule has 0 unspecified atom stereocenters. The van der Waals surface area contributed by atoms with Gasteiger partial charge in [0, 0.05) is 22.7 Å². The van der Waals surface area contributed by atoms with Gasteiger partial charge in [0.25, 0.3) is 0 Å². The van der Waals surface area contributed by atoms with E-state index in [9.17, 15) is 9.59 Å². The first-order valence-corrected chi connectivity index (χ1v) is 7.27. The van der Waals surface area contributed by atoms with Gasteiger partial charge in [-0.1, -0.05) is 23.5 Å². The van der Waals surface area contributed by atoms with E-state index in [4.69, 9.17) is 0 Å². The number of carbonyl (C=O) groups is 2. The number of allylic oxidation sites excluding steroid dienone is 4. The number of rotatable bonds is 0. The topological polar surface area (TPSA) is 34.1 Å². The molecule has 0 atom stereocenters. The molecule has 3 aliphatic rings. The van der Waals surface area contributed by atoms with Crippen LogP contribution in [-0.2, 0) is 9.59 Å². The van der Waals surface area contributed by atoms with Crippen molar-refractivity contribution in [1.29, 1.82) is 0 Å². The number of carbonyl (C=O) groups excluding carboxylic acids is 2. The molecule has 4 heteroatoms. The minimum atomic E-state index is 0.281. The van der Waals surface area contributed by atoms with E-state index in [2.05, 4.69) is 0 Å². The van der Waals surface area contributed by atoms with Gasteiger partial charge in [-0.05, 0) is 25.7 Å². The van der Waals surface area contributed by atoms with E-state index in [0.29, 0.717) is 12.8 Å². The molecule has 0 spiro atoms. The third kappa shape index (κ3) is 1.68. The van der Waals surface area contributed by atoms with Gasteiger partial charge in [0.05, 0.1) is 9.81 Å². The summed E-state index contributed by atoms with van der Waals surface area (Å²) in [5.74, 6) is 0.562. The van der Waals surface area contributed by atoms with Crippen molar-refractivity contribution in [3.63, 3.8) is 0 Å². The van der Waals surface area contributed by atoms with Gasteiger partial charge in [-0.25, -0.2) is 0 Å². The largest absolute Gasteiger partial charge is 0.294 e. The molecular weight excluding hydrogens is 240 g/mol. The Balaban J connectivity index is 1.95. The van der Waals surface area contributed by atoms with Gasteiger partial charge < -0.3 is 0 Å². The van der Waals surface area contributed by atoms with E-state index in [1.165, 1.54) is 0 Å². The Kier molecular flexibility index (Phi) is 2.72. The quantitative estimate of drug-likeness (QED) is 0.662. The number of hydrogen-bond acceptors (Lipinski definition) is 4. The van der Waals surface area contributed by atoms with Crippen LogP contribution in [0.4, 0.5) is 0 Å². The van der Waals surface area contributed by atoms with Crippen LogP contribution in [0.15, 0.2) is 19.6 Å². The summed E-state index contributed by atoms with van der Waals surface area (Å²) in [4.78, 5) is 27.7. The molecule has 1 aliphatic heterocycles. The van der Waals surface area contributed by atoms with Crippen molar-refractivity contribution in [2.24, 2.45) is 0 Å². The molecule has 0 fully saturated rings. The summed E-state index contributed by atoms with van der Waals surface area (Å²) in [6, 6.07) is 0. The van der Waals surface area contributed by atoms with E-state index >= 15 is 0 Å². The predicted molar refractivity (Wildman–Crippen MR) is 67.0 cm³/mol. The zero-order valence-electron chi connectivity index (χ0n) is 8.88. The monoisotopic (exact) mass is 252 g/mol. The molecule has 84 valence electrons. The van der Waals surface area contributed by atoms with Crippen molar-refractivity contribution in [2.45, 2.75) is 38.5 Å². The Bertz CT molecular complexity index is 404. The molecule has 2 aliphatic carbocycles. The van der Waals surface area contributed by atoms with E-state index < -0.39 is 0 Å². The maximum atomic E-state index is 11.8. The molecule has 1 heterocycles. The van der Waals surface area contributed by atoms with Gasteiger partial charge in [0.2, 0.25) is 0 Å². The fraction of sp³-hybridized carbons (Fsp3) is 0.500. The van der Waals surface area contributed by atoms with Crippen LogP contribution in [-0.4, -0.2) is 11.6 Å². The van der Waals surface area contributed by atoms with Crippen molar-refractivity contribution >= 4 is 35.1 Å². The van der Waals surface area contributed by atoms with Crippen LogP contribution in [0.3, 0.4) is 0 Å². The Hall–Kier alpha value is -0.480. The predicted octanol–water partition coefficient (Wildman–Crippen LogP) is 3.40. The lowest BCUT2D eigenvalue weighted by atomic mass is 10.1. The molecule has 3 rings (SSSR count). The minimum Gasteiger partial charge on any atom is -0.294 e. The SMILES string of the molecule is O=C1CCCC2=C1SC1=C(S2)C(=O)CCC1. The van der Waals surface area contributed by atoms with Gasteiger partial charge in [-0.2, -0.15) is 0 Å². The first-order valence-electron chi connectivity index (χ1n) is 5.64. The zero-order valence-corrected chi connectivity index (χ0v) is 10.5. The van der Waals surface area contributed by atoms with E-state index in [0.717, 1.165) is 45.3 Å². The highest BCUT2D eigenvalue weighted by Crippen LogP contribution is 2.52. The zero-order chi connectivity index (χ0) is 11.1. The second kappa shape index (κ2) is 4.08. The molecular formula is C12H12O2S2. The average Bonchev–Trinajstić information content (AvgIpc) is 2.29. The van der Waals surface area contributed by atoms with Crippen molar-refractivity contribution in [3.05, 3.63) is 19.6 Å². The number of hydrogen-bond donors (Lipinski definition) is 0. The molecule has 0 radical (unpaired) electrons. The molecule has 0 saturated heterocycles.